The van der Waals surface area contributed by atoms with E-state index in [9.17, 15) is 0 Å². The van der Waals surface area contributed by atoms with Gasteiger partial charge >= 0.3 is 8.56 Å². The topological polar surface area (TPSA) is 36.1 Å². The lowest BCUT2D eigenvalue weighted by Crippen LogP contribution is -2.68. The fraction of sp³-hybridized carbons (Fsp3) is 0. The number of anilines is 3. The molecular formula is C24H23N3Si. The molecule has 0 bridgehead atoms. The average Bonchev–Trinajstić information content (AvgIpc) is 2.76. The standard InChI is InChI=1S/C24H23N3Si/c1-5-13-21(14-6-1)25-28(24-19-11-4-12-20-24,26-22-15-7-2-8-16-22)27-23-17-9-3-10-18-23/h1-20,25-27H. The molecule has 0 unspecified atom stereocenters. The maximum absolute atomic E-state index is 3.82. The molecule has 0 heterocycles. The van der Waals surface area contributed by atoms with Crippen molar-refractivity contribution in [3.05, 3.63) is 121 Å². The van der Waals surface area contributed by atoms with Gasteiger partial charge in [-0.1, -0.05) is 84.9 Å². The Morgan fingerprint density at radius 2 is 0.643 bits per heavy atom. The quantitative estimate of drug-likeness (QED) is 0.387. The van der Waals surface area contributed by atoms with Crippen LogP contribution in [0.5, 0.6) is 0 Å². The van der Waals surface area contributed by atoms with Crippen LogP contribution in [0.4, 0.5) is 17.1 Å². The van der Waals surface area contributed by atoms with Crippen LogP contribution >= 0.6 is 0 Å². The third kappa shape index (κ3) is 4.24. The van der Waals surface area contributed by atoms with Gasteiger partial charge < -0.3 is 14.9 Å². The Bertz CT molecular complexity index is 876. The Hall–Kier alpha value is -3.50. The molecule has 0 aromatic heterocycles. The summed E-state index contributed by atoms with van der Waals surface area (Å²) in [4.78, 5) is 11.5. The molecule has 0 saturated heterocycles. The average molecular weight is 382 g/mol. The second-order valence-electron chi connectivity index (χ2n) is 6.59. The zero-order valence-corrected chi connectivity index (χ0v) is 16.5. The molecule has 0 saturated carbocycles. The van der Waals surface area contributed by atoms with Gasteiger partial charge in [0.1, 0.15) is 0 Å². The number of rotatable bonds is 7. The molecule has 0 amide bonds. The van der Waals surface area contributed by atoms with Crippen molar-refractivity contribution in [1.82, 2.24) is 0 Å². The SMILES string of the molecule is c1ccc(N[Si](Nc2ccccc2)(Nc2ccccc2)c2ccccc2)cc1. The summed E-state index contributed by atoms with van der Waals surface area (Å²) in [5.74, 6) is 0. The second kappa shape index (κ2) is 8.46. The summed E-state index contributed by atoms with van der Waals surface area (Å²) < 4.78 is 0. The summed E-state index contributed by atoms with van der Waals surface area (Å²) in [6.07, 6.45) is 0. The molecular weight excluding hydrogens is 358 g/mol. The van der Waals surface area contributed by atoms with E-state index in [1.54, 1.807) is 0 Å². The van der Waals surface area contributed by atoms with Gasteiger partial charge in [0.05, 0.1) is 0 Å². The van der Waals surface area contributed by atoms with E-state index >= 15 is 0 Å². The Morgan fingerprint density at radius 1 is 0.357 bits per heavy atom. The molecule has 0 aliphatic heterocycles. The van der Waals surface area contributed by atoms with Gasteiger partial charge in [-0.15, -0.1) is 0 Å². The van der Waals surface area contributed by atoms with Crippen LogP contribution in [-0.4, -0.2) is 8.56 Å². The monoisotopic (exact) mass is 381 g/mol. The first kappa shape index (κ1) is 17.9. The first-order valence-electron chi connectivity index (χ1n) is 9.39. The zero-order valence-electron chi connectivity index (χ0n) is 15.5. The summed E-state index contributed by atoms with van der Waals surface area (Å²) >= 11 is 0. The summed E-state index contributed by atoms with van der Waals surface area (Å²) in [7, 11) is -2.64. The Morgan fingerprint density at radius 3 is 0.964 bits per heavy atom. The van der Waals surface area contributed by atoms with Crippen molar-refractivity contribution in [2.24, 2.45) is 0 Å². The molecule has 4 aromatic carbocycles. The molecule has 28 heavy (non-hydrogen) atoms. The molecule has 4 aromatic rings. The summed E-state index contributed by atoms with van der Waals surface area (Å²) in [5.41, 5.74) is 3.22. The van der Waals surface area contributed by atoms with E-state index in [1.165, 1.54) is 5.19 Å². The lowest BCUT2D eigenvalue weighted by Gasteiger charge is -2.35. The largest absolute Gasteiger partial charge is 0.406 e. The van der Waals surface area contributed by atoms with Crippen LogP contribution in [0.1, 0.15) is 0 Å². The molecule has 0 radical (unpaired) electrons. The van der Waals surface area contributed by atoms with Gasteiger partial charge in [0.2, 0.25) is 0 Å². The molecule has 0 aliphatic carbocycles. The second-order valence-corrected chi connectivity index (χ2v) is 9.42. The predicted molar refractivity (Wildman–Crippen MR) is 122 cm³/mol. The van der Waals surface area contributed by atoms with E-state index in [-0.39, 0.29) is 0 Å². The summed E-state index contributed by atoms with van der Waals surface area (Å²) in [6, 6.07) is 41.6. The van der Waals surface area contributed by atoms with E-state index < -0.39 is 8.56 Å². The third-order valence-corrected chi connectivity index (χ3v) is 7.71. The highest BCUT2D eigenvalue weighted by Crippen LogP contribution is 2.19. The van der Waals surface area contributed by atoms with Crippen molar-refractivity contribution in [2.75, 3.05) is 14.9 Å². The minimum Gasteiger partial charge on any atom is -0.374 e. The summed E-state index contributed by atoms with van der Waals surface area (Å²) in [5, 5.41) is 1.21. The number of benzene rings is 4. The van der Waals surface area contributed by atoms with Crippen molar-refractivity contribution in [3.8, 4) is 0 Å². The van der Waals surface area contributed by atoms with Crippen LogP contribution in [0, 0.1) is 0 Å². The number of hydrogen-bond donors (Lipinski definition) is 3. The van der Waals surface area contributed by atoms with Crippen molar-refractivity contribution >= 4 is 30.8 Å². The van der Waals surface area contributed by atoms with Crippen molar-refractivity contribution < 1.29 is 0 Å². The third-order valence-electron chi connectivity index (χ3n) is 4.52. The van der Waals surface area contributed by atoms with E-state index in [4.69, 9.17) is 0 Å². The maximum atomic E-state index is 3.82. The lowest BCUT2D eigenvalue weighted by molar-refractivity contribution is 1.50. The molecule has 0 fully saturated rings. The molecule has 0 spiro atoms. The van der Waals surface area contributed by atoms with Crippen LogP contribution in [0.2, 0.25) is 0 Å². The number of nitrogens with one attached hydrogen (secondary N) is 3. The lowest BCUT2D eigenvalue weighted by atomic mass is 10.3. The Labute approximate surface area is 167 Å². The first-order valence-corrected chi connectivity index (χ1v) is 11.4. The van der Waals surface area contributed by atoms with Crippen molar-refractivity contribution in [2.45, 2.75) is 0 Å². The van der Waals surface area contributed by atoms with Gasteiger partial charge in [0.15, 0.2) is 0 Å². The fourth-order valence-electron chi connectivity index (χ4n) is 3.21. The van der Waals surface area contributed by atoms with Crippen LogP contribution in [-0.2, 0) is 0 Å². The van der Waals surface area contributed by atoms with Gasteiger partial charge in [0, 0.05) is 22.2 Å². The van der Waals surface area contributed by atoms with Gasteiger partial charge in [-0.25, -0.2) is 0 Å². The highest BCUT2D eigenvalue weighted by atomic mass is 28.4. The van der Waals surface area contributed by atoms with E-state index in [0.717, 1.165) is 17.1 Å². The minimum atomic E-state index is -2.64. The van der Waals surface area contributed by atoms with E-state index in [1.807, 2.05) is 18.2 Å². The first-order chi connectivity index (χ1) is 13.8. The van der Waals surface area contributed by atoms with Crippen LogP contribution in [0.15, 0.2) is 121 Å². The molecule has 138 valence electrons. The Balaban J connectivity index is 1.82. The Kier molecular flexibility index (Phi) is 5.40. The highest BCUT2D eigenvalue weighted by molar-refractivity contribution is 6.99. The number of hydrogen-bond acceptors (Lipinski definition) is 3. The van der Waals surface area contributed by atoms with E-state index in [0.29, 0.717) is 0 Å². The van der Waals surface area contributed by atoms with E-state index in [2.05, 4.69) is 118 Å². The molecule has 0 atom stereocenters. The molecule has 3 N–H and O–H groups in total. The maximum Gasteiger partial charge on any atom is 0.406 e. The minimum absolute atomic E-state index is 1.07. The predicted octanol–water partition coefficient (Wildman–Crippen LogP) is 5.17. The number of para-hydroxylation sites is 3. The molecule has 4 heteroatoms. The normalized spacial score (nSPS) is 10.9. The van der Waals surface area contributed by atoms with Crippen molar-refractivity contribution in [3.63, 3.8) is 0 Å². The van der Waals surface area contributed by atoms with Crippen LogP contribution in [0.25, 0.3) is 0 Å². The van der Waals surface area contributed by atoms with Crippen LogP contribution < -0.4 is 20.1 Å². The molecule has 4 rings (SSSR count). The van der Waals surface area contributed by atoms with Gasteiger partial charge in [-0.05, 0) is 36.4 Å². The smallest absolute Gasteiger partial charge is 0.374 e. The fourth-order valence-corrected chi connectivity index (χ4v) is 6.32. The molecule has 3 nitrogen and oxygen atoms in total. The summed E-state index contributed by atoms with van der Waals surface area (Å²) in [6.45, 7) is 0. The van der Waals surface area contributed by atoms with Crippen molar-refractivity contribution in [1.29, 1.82) is 0 Å². The highest BCUT2D eigenvalue weighted by Gasteiger charge is 2.38. The zero-order chi connectivity index (χ0) is 19.1. The molecule has 0 aliphatic rings. The van der Waals surface area contributed by atoms with Gasteiger partial charge in [-0.3, -0.25) is 0 Å². The van der Waals surface area contributed by atoms with Crippen LogP contribution in [0.3, 0.4) is 0 Å². The van der Waals surface area contributed by atoms with Gasteiger partial charge in [0.25, 0.3) is 0 Å². The van der Waals surface area contributed by atoms with Gasteiger partial charge in [-0.2, -0.15) is 0 Å².